The van der Waals surface area contributed by atoms with E-state index in [2.05, 4.69) is 9.97 Å². The Hall–Kier alpha value is -2.27. The van der Waals surface area contributed by atoms with Crippen molar-refractivity contribution in [2.75, 3.05) is 14.1 Å². The maximum absolute atomic E-state index is 12.9. The molecule has 2 aromatic rings. The molecule has 21 heavy (non-hydrogen) atoms. The Labute approximate surface area is 124 Å². The van der Waals surface area contributed by atoms with Crippen LogP contribution in [0.3, 0.4) is 0 Å². The van der Waals surface area contributed by atoms with E-state index < -0.39 is 0 Å². The number of carbonyl (C=O) groups is 1. The van der Waals surface area contributed by atoms with E-state index in [4.69, 9.17) is 0 Å². The fraction of sp³-hybridized carbons (Fsp3) is 0.312. The van der Waals surface area contributed by atoms with Crippen LogP contribution in [0.5, 0.6) is 0 Å². The predicted molar refractivity (Wildman–Crippen MR) is 79.2 cm³/mol. The molecule has 2 heterocycles. The first kappa shape index (κ1) is 13.7. The Morgan fingerprint density at radius 3 is 2.67 bits per heavy atom. The SMILES string of the molecule is CN(C)[C@@H](C(=O)N1Cc2cncnc2C1)c1ccccc1. The van der Waals surface area contributed by atoms with Crippen LogP contribution in [0.2, 0.25) is 0 Å². The summed E-state index contributed by atoms with van der Waals surface area (Å²) in [6.07, 6.45) is 3.33. The highest BCUT2D eigenvalue weighted by molar-refractivity contribution is 5.83. The third kappa shape index (κ3) is 2.64. The van der Waals surface area contributed by atoms with Crippen LogP contribution in [0.25, 0.3) is 0 Å². The first-order valence-electron chi connectivity index (χ1n) is 6.94. The van der Waals surface area contributed by atoms with Gasteiger partial charge in [-0.05, 0) is 19.7 Å². The molecule has 1 aromatic heterocycles. The number of amides is 1. The van der Waals surface area contributed by atoms with Gasteiger partial charge in [0, 0.05) is 18.3 Å². The molecule has 108 valence electrons. The van der Waals surface area contributed by atoms with E-state index in [1.54, 1.807) is 6.20 Å². The minimum absolute atomic E-state index is 0.101. The predicted octanol–water partition coefficient (Wildman–Crippen LogP) is 1.62. The molecule has 0 saturated heterocycles. The van der Waals surface area contributed by atoms with Crippen LogP contribution in [-0.2, 0) is 17.9 Å². The standard InChI is InChI=1S/C16H18N4O/c1-19(2)15(12-6-4-3-5-7-12)16(21)20-9-13-8-17-11-18-14(13)10-20/h3-8,11,15H,9-10H2,1-2H3/t15-/m1/s1. The largest absolute Gasteiger partial charge is 0.331 e. The summed E-state index contributed by atoms with van der Waals surface area (Å²) in [4.78, 5) is 25.0. The second-order valence-electron chi connectivity index (χ2n) is 5.47. The highest BCUT2D eigenvalue weighted by Crippen LogP contribution is 2.26. The third-order valence-electron chi connectivity index (χ3n) is 3.76. The normalized spacial score (nSPS) is 15.1. The topological polar surface area (TPSA) is 49.3 Å². The molecule has 3 rings (SSSR count). The summed E-state index contributed by atoms with van der Waals surface area (Å²) in [5.74, 6) is 0.101. The molecule has 0 aliphatic carbocycles. The Balaban J connectivity index is 1.84. The molecule has 5 nitrogen and oxygen atoms in total. The van der Waals surface area contributed by atoms with Crippen molar-refractivity contribution in [3.05, 3.63) is 59.7 Å². The molecule has 1 aliphatic heterocycles. The smallest absolute Gasteiger partial charge is 0.245 e. The molecule has 1 aromatic carbocycles. The van der Waals surface area contributed by atoms with Gasteiger partial charge in [0.1, 0.15) is 12.4 Å². The molecule has 0 saturated carbocycles. The third-order valence-corrected chi connectivity index (χ3v) is 3.76. The van der Waals surface area contributed by atoms with Gasteiger partial charge in [0.2, 0.25) is 5.91 Å². The van der Waals surface area contributed by atoms with E-state index in [9.17, 15) is 4.79 Å². The number of hydrogen-bond donors (Lipinski definition) is 0. The molecule has 1 atom stereocenters. The molecule has 0 radical (unpaired) electrons. The summed E-state index contributed by atoms with van der Waals surface area (Å²) in [6.45, 7) is 1.15. The molecule has 0 bridgehead atoms. The van der Waals surface area contributed by atoms with E-state index in [1.807, 2.05) is 54.2 Å². The number of aromatic nitrogens is 2. The Morgan fingerprint density at radius 2 is 2.00 bits per heavy atom. The lowest BCUT2D eigenvalue weighted by molar-refractivity contribution is -0.137. The van der Waals surface area contributed by atoms with Crippen molar-refractivity contribution in [1.82, 2.24) is 19.8 Å². The van der Waals surface area contributed by atoms with E-state index in [0.717, 1.165) is 16.8 Å². The average Bonchev–Trinajstić information content (AvgIpc) is 2.92. The van der Waals surface area contributed by atoms with Crippen molar-refractivity contribution in [1.29, 1.82) is 0 Å². The minimum atomic E-state index is -0.270. The van der Waals surface area contributed by atoms with Crippen molar-refractivity contribution in [2.45, 2.75) is 19.1 Å². The van der Waals surface area contributed by atoms with Gasteiger partial charge in [-0.1, -0.05) is 30.3 Å². The highest BCUT2D eigenvalue weighted by Gasteiger charge is 2.31. The van der Waals surface area contributed by atoms with Gasteiger partial charge in [-0.25, -0.2) is 9.97 Å². The first-order valence-corrected chi connectivity index (χ1v) is 6.94. The fourth-order valence-corrected chi connectivity index (χ4v) is 2.73. The number of likely N-dealkylation sites (N-methyl/N-ethyl adjacent to an activating group) is 1. The number of fused-ring (bicyclic) bond motifs is 1. The van der Waals surface area contributed by atoms with Crippen LogP contribution in [0.1, 0.15) is 22.9 Å². The lowest BCUT2D eigenvalue weighted by Crippen LogP contribution is -2.37. The number of carbonyl (C=O) groups excluding carboxylic acids is 1. The van der Waals surface area contributed by atoms with Crippen molar-refractivity contribution >= 4 is 5.91 Å². The zero-order valence-electron chi connectivity index (χ0n) is 12.2. The van der Waals surface area contributed by atoms with Crippen molar-refractivity contribution < 1.29 is 4.79 Å². The number of hydrogen-bond acceptors (Lipinski definition) is 4. The molecular weight excluding hydrogens is 264 g/mol. The molecule has 0 N–H and O–H groups in total. The van der Waals surface area contributed by atoms with Crippen LogP contribution >= 0.6 is 0 Å². The van der Waals surface area contributed by atoms with Gasteiger partial charge < -0.3 is 4.90 Å². The second kappa shape index (κ2) is 5.61. The van der Waals surface area contributed by atoms with Crippen molar-refractivity contribution in [3.63, 3.8) is 0 Å². The zero-order valence-corrected chi connectivity index (χ0v) is 12.2. The maximum Gasteiger partial charge on any atom is 0.245 e. The number of nitrogens with zero attached hydrogens (tertiary/aromatic N) is 4. The monoisotopic (exact) mass is 282 g/mol. The number of rotatable bonds is 3. The van der Waals surface area contributed by atoms with E-state index >= 15 is 0 Å². The fourth-order valence-electron chi connectivity index (χ4n) is 2.73. The van der Waals surface area contributed by atoms with Crippen LogP contribution in [0.15, 0.2) is 42.9 Å². The molecule has 0 unspecified atom stereocenters. The summed E-state index contributed by atoms with van der Waals surface area (Å²) in [6, 6.07) is 9.60. The molecule has 5 heteroatoms. The van der Waals surface area contributed by atoms with Crippen molar-refractivity contribution in [3.8, 4) is 0 Å². The van der Waals surface area contributed by atoms with Gasteiger partial charge in [0.25, 0.3) is 0 Å². The van der Waals surface area contributed by atoms with Gasteiger partial charge in [-0.3, -0.25) is 9.69 Å². The lowest BCUT2D eigenvalue weighted by atomic mass is 10.0. The number of benzene rings is 1. The molecular formula is C16H18N4O. The highest BCUT2D eigenvalue weighted by atomic mass is 16.2. The second-order valence-corrected chi connectivity index (χ2v) is 5.47. The summed E-state index contributed by atoms with van der Waals surface area (Å²) >= 11 is 0. The molecule has 0 fully saturated rings. The molecule has 0 spiro atoms. The summed E-state index contributed by atoms with van der Waals surface area (Å²) in [5, 5.41) is 0. The average molecular weight is 282 g/mol. The van der Waals surface area contributed by atoms with Gasteiger partial charge in [-0.15, -0.1) is 0 Å². The van der Waals surface area contributed by atoms with Crippen LogP contribution in [-0.4, -0.2) is 39.8 Å². The summed E-state index contributed by atoms with van der Waals surface area (Å²) in [5.41, 5.74) is 3.00. The minimum Gasteiger partial charge on any atom is -0.331 e. The van der Waals surface area contributed by atoms with E-state index in [1.165, 1.54) is 6.33 Å². The van der Waals surface area contributed by atoms with Crippen LogP contribution in [0.4, 0.5) is 0 Å². The van der Waals surface area contributed by atoms with E-state index in [-0.39, 0.29) is 11.9 Å². The lowest BCUT2D eigenvalue weighted by Gasteiger charge is -2.28. The summed E-state index contributed by atoms with van der Waals surface area (Å²) in [7, 11) is 3.86. The van der Waals surface area contributed by atoms with Gasteiger partial charge >= 0.3 is 0 Å². The quantitative estimate of drug-likeness (QED) is 0.858. The Kier molecular flexibility index (Phi) is 3.66. The molecule has 1 amide bonds. The Bertz CT molecular complexity index is 617. The van der Waals surface area contributed by atoms with Gasteiger partial charge in [-0.2, -0.15) is 0 Å². The Morgan fingerprint density at radius 1 is 1.24 bits per heavy atom. The first-order chi connectivity index (χ1) is 10.2. The van der Waals surface area contributed by atoms with Crippen LogP contribution in [0, 0.1) is 0 Å². The summed E-state index contributed by atoms with van der Waals surface area (Å²) < 4.78 is 0. The van der Waals surface area contributed by atoms with Crippen LogP contribution < -0.4 is 0 Å². The molecule has 1 aliphatic rings. The van der Waals surface area contributed by atoms with Gasteiger partial charge in [0.15, 0.2) is 0 Å². The maximum atomic E-state index is 12.9. The van der Waals surface area contributed by atoms with Crippen molar-refractivity contribution in [2.24, 2.45) is 0 Å². The zero-order chi connectivity index (χ0) is 14.8. The van der Waals surface area contributed by atoms with Gasteiger partial charge in [0.05, 0.1) is 12.2 Å². The van der Waals surface area contributed by atoms with E-state index in [0.29, 0.717) is 13.1 Å².